The van der Waals surface area contributed by atoms with Gasteiger partial charge < -0.3 is 20.7 Å². The minimum Gasteiger partial charge on any atom is -0.396 e. The molecule has 4 N–H and O–H groups in total. The van der Waals surface area contributed by atoms with E-state index in [1.807, 2.05) is 4.98 Å². The second kappa shape index (κ2) is 7.03. The number of aromatic amines is 1. The normalized spacial score (nSPS) is 21.7. The summed E-state index contributed by atoms with van der Waals surface area (Å²) in [6.45, 7) is 0.110. The van der Waals surface area contributed by atoms with E-state index in [1.165, 1.54) is 0 Å². The summed E-state index contributed by atoms with van der Waals surface area (Å²) in [5.41, 5.74) is -2.31. The van der Waals surface area contributed by atoms with Crippen molar-refractivity contribution in [2.75, 3.05) is 11.9 Å². The average molecular weight is 333 g/mol. The minimum absolute atomic E-state index is 0.110. The molecule has 2 amide bonds. The van der Waals surface area contributed by atoms with E-state index in [-0.39, 0.29) is 18.6 Å². The zero-order chi connectivity index (χ0) is 17.0. The summed E-state index contributed by atoms with van der Waals surface area (Å²) in [6.07, 6.45) is -1.16. The highest BCUT2D eigenvalue weighted by atomic mass is 19.4. The number of aliphatic hydroxyl groups excluding tert-OH is 1. The van der Waals surface area contributed by atoms with Crippen molar-refractivity contribution in [1.82, 2.24) is 10.3 Å². The summed E-state index contributed by atoms with van der Waals surface area (Å²) in [4.78, 5) is 25.3. The van der Waals surface area contributed by atoms with Gasteiger partial charge in [-0.15, -0.1) is 0 Å². The van der Waals surface area contributed by atoms with Crippen LogP contribution in [0.5, 0.6) is 0 Å². The highest BCUT2D eigenvalue weighted by molar-refractivity contribution is 5.89. The number of halogens is 3. The number of hydrogen-bond donors (Lipinski definition) is 4. The molecule has 9 heteroatoms. The van der Waals surface area contributed by atoms with Crippen molar-refractivity contribution < 1.29 is 23.1 Å². The molecule has 1 fully saturated rings. The van der Waals surface area contributed by atoms with Gasteiger partial charge >= 0.3 is 12.2 Å². The van der Waals surface area contributed by atoms with E-state index in [0.717, 1.165) is 12.8 Å². The molecule has 23 heavy (non-hydrogen) atoms. The Morgan fingerprint density at radius 3 is 2.52 bits per heavy atom. The van der Waals surface area contributed by atoms with Crippen LogP contribution in [0.25, 0.3) is 0 Å². The first-order chi connectivity index (χ1) is 10.8. The number of carbonyl (C=O) groups is 1. The fourth-order valence-corrected chi connectivity index (χ4v) is 2.57. The van der Waals surface area contributed by atoms with E-state index in [0.29, 0.717) is 25.1 Å². The Morgan fingerprint density at radius 2 is 1.96 bits per heavy atom. The van der Waals surface area contributed by atoms with Crippen LogP contribution >= 0.6 is 0 Å². The smallest absolute Gasteiger partial charge is 0.396 e. The van der Waals surface area contributed by atoms with Gasteiger partial charge in [0.1, 0.15) is 5.69 Å². The number of pyridine rings is 1. The number of nitrogens with one attached hydrogen (secondary N) is 3. The molecule has 1 aromatic rings. The summed E-state index contributed by atoms with van der Waals surface area (Å²) in [6, 6.07) is -0.244. The molecular weight excluding hydrogens is 315 g/mol. The van der Waals surface area contributed by atoms with Crippen LogP contribution in [0.4, 0.5) is 23.7 Å². The maximum absolute atomic E-state index is 12.6. The number of aliphatic hydroxyl groups is 1. The second-order valence-electron chi connectivity index (χ2n) is 5.63. The first-order valence-corrected chi connectivity index (χ1v) is 7.28. The van der Waals surface area contributed by atoms with Crippen molar-refractivity contribution in [1.29, 1.82) is 0 Å². The van der Waals surface area contributed by atoms with Crippen molar-refractivity contribution in [3.8, 4) is 0 Å². The summed E-state index contributed by atoms with van der Waals surface area (Å²) in [5, 5.41) is 13.8. The topological polar surface area (TPSA) is 94.2 Å². The number of amides is 2. The van der Waals surface area contributed by atoms with Crippen LogP contribution in [0.15, 0.2) is 17.1 Å². The molecule has 0 bridgehead atoms. The van der Waals surface area contributed by atoms with Gasteiger partial charge in [0.15, 0.2) is 0 Å². The number of urea groups is 1. The third kappa shape index (κ3) is 4.72. The molecule has 0 unspecified atom stereocenters. The largest absolute Gasteiger partial charge is 0.417 e. The number of carbonyl (C=O) groups excluding carboxylic acids is 1. The zero-order valence-electron chi connectivity index (χ0n) is 12.2. The molecular formula is C14H18F3N3O3. The molecule has 128 valence electrons. The lowest BCUT2D eigenvalue weighted by Crippen LogP contribution is -2.41. The zero-order valence-corrected chi connectivity index (χ0v) is 12.2. The van der Waals surface area contributed by atoms with Gasteiger partial charge in [0.25, 0.3) is 5.56 Å². The third-order valence-electron chi connectivity index (χ3n) is 3.92. The summed E-state index contributed by atoms with van der Waals surface area (Å²) >= 11 is 0. The summed E-state index contributed by atoms with van der Waals surface area (Å²) in [5.74, 6) is 0.224. The summed E-state index contributed by atoms with van der Waals surface area (Å²) < 4.78 is 37.8. The highest BCUT2D eigenvalue weighted by Gasteiger charge is 2.31. The molecule has 0 saturated heterocycles. The Bertz CT molecular complexity index is 607. The molecule has 1 aromatic heterocycles. The van der Waals surface area contributed by atoms with E-state index in [1.54, 1.807) is 0 Å². The molecule has 0 atom stereocenters. The highest BCUT2D eigenvalue weighted by Crippen LogP contribution is 2.29. The summed E-state index contributed by atoms with van der Waals surface area (Å²) in [7, 11) is 0. The van der Waals surface area contributed by atoms with Crippen molar-refractivity contribution in [2.24, 2.45) is 5.92 Å². The van der Waals surface area contributed by atoms with Crippen LogP contribution in [0.2, 0.25) is 0 Å². The minimum atomic E-state index is -4.61. The van der Waals surface area contributed by atoms with Gasteiger partial charge in [0, 0.05) is 18.8 Å². The van der Waals surface area contributed by atoms with Crippen molar-refractivity contribution >= 4 is 11.7 Å². The predicted molar refractivity (Wildman–Crippen MR) is 77.1 cm³/mol. The maximum Gasteiger partial charge on any atom is 0.417 e. The Morgan fingerprint density at radius 1 is 1.30 bits per heavy atom. The van der Waals surface area contributed by atoms with Crippen LogP contribution in [0.3, 0.4) is 0 Å². The van der Waals surface area contributed by atoms with E-state index in [9.17, 15) is 22.8 Å². The molecule has 1 heterocycles. The van der Waals surface area contributed by atoms with Gasteiger partial charge in [-0.3, -0.25) is 4.79 Å². The lowest BCUT2D eigenvalue weighted by molar-refractivity contribution is -0.137. The number of rotatable bonds is 3. The van der Waals surface area contributed by atoms with E-state index < -0.39 is 29.0 Å². The van der Waals surface area contributed by atoms with E-state index in [2.05, 4.69) is 10.6 Å². The van der Waals surface area contributed by atoms with Gasteiger partial charge in [-0.2, -0.15) is 13.2 Å². The molecule has 0 aliphatic heterocycles. The van der Waals surface area contributed by atoms with E-state index in [4.69, 9.17) is 5.11 Å². The number of aromatic nitrogens is 1. The lowest BCUT2D eigenvalue weighted by atomic mass is 9.87. The number of H-pyrrole nitrogens is 1. The SMILES string of the molecule is O=C(Nc1cc(C(F)(F)F)c[nH]c1=O)NC1CCC(CO)CC1. The van der Waals surface area contributed by atoms with Gasteiger partial charge in [0.2, 0.25) is 0 Å². The Kier molecular flexibility index (Phi) is 5.30. The van der Waals surface area contributed by atoms with Gasteiger partial charge in [-0.1, -0.05) is 0 Å². The van der Waals surface area contributed by atoms with Crippen LogP contribution in [-0.4, -0.2) is 28.8 Å². The van der Waals surface area contributed by atoms with Crippen molar-refractivity contribution in [3.05, 3.63) is 28.2 Å². The van der Waals surface area contributed by atoms with Crippen LogP contribution in [0.1, 0.15) is 31.2 Å². The quantitative estimate of drug-likeness (QED) is 0.682. The number of alkyl halides is 3. The monoisotopic (exact) mass is 333 g/mol. The number of hydrogen-bond acceptors (Lipinski definition) is 3. The van der Waals surface area contributed by atoms with Crippen LogP contribution in [-0.2, 0) is 6.18 Å². The predicted octanol–water partition coefficient (Wildman–Crippen LogP) is 2.07. The van der Waals surface area contributed by atoms with Crippen molar-refractivity contribution in [3.63, 3.8) is 0 Å². The van der Waals surface area contributed by atoms with Gasteiger partial charge in [-0.05, 0) is 37.7 Å². The Balaban J connectivity index is 1.97. The second-order valence-corrected chi connectivity index (χ2v) is 5.63. The molecule has 0 radical (unpaired) electrons. The van der Waals surface area contributed by atoms with Crippen LogP contribution in [0, 0.1) is 5.92 Å². The standard InChI is InChI=1S/C14H18F3N3O3/c15-14(16,17)9-5-11(12(22)18-6-9)20-13(23)19-10-3-1-8(7-21)2-4-10/h5-6,8,10,21H,1-4,7H2,(H,18,22)(H2,19,20,23). The molecule has 0 spiro atoms. The molecule has 1 aliphatic rings. The first kappa shape index (κ1) is 17.3. The van der Waals surface area contributed by atoms with Gasteiger partial charge in [0.05, 0.1) is 5.56 Å². The average Bonchev–Trinajstić information content (AvgIpc) is 2.49. The molecule has 1 aliphatic carbocycles. The fraction of sp³-hybridized carbons (Fsp3) is 0.571. The first-order valence-electron chi connectivity index (χ1n) is 7.28. The third-order valence-corrected chi connectivity index (χ3v) is 3.92. The Hall–Kier alpha value is -2.03. The Labute approximate surface area is 130 Å². The fourth-order valence-electron chi connectivity index (χ4n) is 2.57. The lowest BCUT2D eigenvalue weighted by Gasteiger charge is -2.27. The molecule has 2 rings (SSSR count). The van der Waals surface area contributed by atoms with E-state index >= 15 is 0 Å². The van der Waals surface area contributed by atoms with Crippen LogP contribution < -0.4 is 16.2 Å². The van der Waals surface area contributed by atoms with Crippen molar-refractivity contribution in [2.45, 2.75) is 37.9 Å². The molecule has 1 saturated carbocycles. The van der Waals surface area contributed by atoms with Gasteiger partial charge in [-0.25, -0.2) is 4.79 Å². The molecule has 6 nitrogen and oxygen atoms in total. The number of anilines is 1. The molecule has 0 aromatic carbocycles. The maximum atomic E-state index is 12.6.